The number of nitro groups is 1. The first kappa shape index (κ1) is 16.2. The van der Waals surface area contributed by atoms with Gasteiger partial charge in [0.2, 0.25) is 5.43 Å². The van der Waals surface area contributed by atoms with Crippen LogP contribution in [0.1, 0.15) is 0 Å². The van der Waals surface area contributed by atoms with Gasteiger partial charge in [0.15, 0.2) is 0 Å². The summed E-state index contributed by atoms with van der Waals surface area (Å²) in [7, 11) is 0. The maximum Gasteiger partial charge on any atom is 0.270 e. The molecule has 0 radical (unpaired) electrons. The molecule has 0 N–H and O–H groups in total. The topological polar surface area (TPSA) is 73.3 Å². The van der Waals surface area contributed by atoms with Gasteiger partial charge in [-0.25, -0.2) is 0 Å². The van der Waals surface area contributed by atoms with Crippen LogP contribution in [-0.2, 0) is 0 Å². The molecule has 5 heteroatoms. The number of fused-ring (bicyclic) bond motifs is 4. The molecule has 134 valence electrons. The van der Waals surface area contributed by atoms with E-state index in [4.69, 9.17) is 4.42 Å². The summed E-state index contributed by atoms with van der Waals surface area (Å²) in [4.78, 5) is 24.0. The Balaban J connectivity index is 2.02. The van der Waals surface area contributed by atoms with E-state index in [2.05, 4.69) is 0 Å². The molecule has 0 aliphatic carbocycles. The maximum absolute atomic E-state index is 13.1. The number of hydrogen-bond donors (Lipinski definition) is 0. The molecule has 5 aromatic rings. The zero-order valence-electron chi connectivity index (χ0n) is 14.6. The van der Waals surface area contributed by atoms with E-state index in [0.29, 0.717) is 32.7 Å². The molecule has 0 spiro atoms. The first-order valence-electron chi connectivity index (χ1n) is 8.75. The van der Waals surface area contributed by atoms with Gasteiger partial charge < -0.3 is 4.42 Å². The van der Waals surface area contributed by atoms with Crippen LogP contribution in [0.2, 0.25) is 0 Å². The molecule has 0 atom stereocenters. The number of hydrogen-bond acceptors (Lipinski definition) is 4. The largest absolute Gasteiger partial charge is 0.455 e. The zero-order valence-corrected chi connectivity index (χ0v) is 14.6. The maximum atomic E-state index is 13.1. The molecule has 0 saturated carbocycles. The first-order chi connectivity index (χ1) is 13.6. The molecular formula is C23H13NO4. The minimum atomic E-state index is -0.422. The molecule has 5 nitrogen and oxygen atoms in total. The standard InChI is InChI=1S/C23H13NO4/c25-22-17-8-4-5-9-21(17)28-23-16-11-10-15(24(26)27)12-19(16)18(13-20(22)23)14-6-2-1-3-7-14/h1-13H. The molecule has 28 heavy (non-hydrogen) atoms. The van der Waals surface area contributed by atoms with Crippen LogP contribution in [0.15, 0.2) is 88.1 Å². The van der Waals surface area contributed by atoms with Gasteiger partial charge >= 0.3 is 0 Å². The smallest absolute Gasteiger partial charge is 0.270 e. The second kappa shape index (κ2) is 6.03. The van der Waals surface area contributed by atoms with Crippen molar-refractivity contribution in [2.45, 2.75) is 0 Å². The van der Waals surface area contributed by atoms with Crippen LogP contribution in [-0.4, -0.2) is 4.92 Å². The quantitative estimate of drug-likeness (QED) is 0.174. The Morgan fingerprint density at radius 1 is 0.750 bits per heavy atom. The van der Waals surface area contributed by atoms with Crippen molar-refractivity contribution in [2.24, 2.45) is 0 Å². The van der Waals surface area contributed by atoms with E-state index in [1.54, 1.807) is 30.3 Å². The average molecular weight is 367 g/mol. The van der Waals surface area contributed by atoms with Gasteiger partial charge in [-0.05, 0) is 35.4 Å². The molecule has 0 saturated heterocycles. The average Bonchev–Trinajstić information content (AvgIpc) is 2.74. The Labute approximate surface area is 158 Å². The molecule has 0 fully saturated rings. The van der Waals surface area contributed by atoms with Crippen molar-refractivity contribution < 1.29 is 9.34 Å². The van der Waals surface area contributed by atoms with Gasteiger partial charge in [-0.2, -0.15) is 0 Å². The van der Waals surface area contributed by atoms with Gasteiger partial charge in [-0.3, -0.25) is 14.9 Å². The Bertz CT molecular complexity index is 1450. The molecule has 5 rings (SSSR count). The highest BCUT2D eigenvalue weighted by molar-refractivity contribution is 6.13. The summed E-state index contributed by atoms with van der Waals surface area (Å²) in [6, 6.07) is 23.0. The number of rotatable bonds is 2. The number of non-ortho nitro benzene ring substituents is 1. The van der Waals surface area contributed by atoms with Gasteiger partial charge in [0.05, 0.1) is 15.7 Å². The molecule has 0 unspecified atom stereocenters. The second-order valence-corrected chi connectivity index (χ2v) is 6.58. The van der Waals surface area contributed by atoms with Crippen molar-refractivity contribution in [2.75, 3.05) is 0 Å². The fraction of sp³-hybridized carbons (Fsp3) is 0. The summed E-state index contributed by atoms with van der Waals surface area (Å²) in [6.07, 6.45) is 0. The van der Waals surface area contributed by atoms with E-state index in [1.807, 2.05) is 36.4 Å². The lowest BCUT2D eigenvalue weighted by molar-refractivity contribution is -0.384. The highest BCUT2D eigenvalue weighted by atomic mass is 16.6. The van der Waals surface area contributed by atoms with E-state index in [9.17, 15) is 14.9 Å². The monoisotopic (exact) mass is 367 g/mol. The predicted octanol–water partition coefficient (Wildman–Crippen LogP) is 5.67. The van der Waals surface area contributed by atoms with Crippen LogP contribution in [0.3, 0.4) is 0 Å². The molecular weight excluding hydrogens is 354 g/mol. The zero-order chi connectivity index (χ0) is 19.3. The Morgan fingerprint density at radius 3 is 2.29 bits per heavy atom. The van der Waals surface area contributed by atoms with Gasteiger partial charge in [0.25, 0.3) is 5.69 Å². The SMILES string of the molecule is O=c1c2ccccc2oc2c1cc(-c1ccccc1)c1cc([N+](=O)[O-])ccc12. The van der Waals surface area contributed by atoms with Crippen molar-refractivity contribution >= 4 is 38.4 Å². The van der Waals surface area contributed by atoms with Crippen LogP contribution < -0.4 is 5.43 Å². The third-order valence-electron chi connectivity index (χ3n) is 4.96. The van der Waals surface area contributed by atoms with Gasteiger partial charge in [0.1, 0.15) is 11.2 Å². The number of benzene rings is 4. The third-order valence-corrected chi connectivity index (χ3v) is 4.96. The summed E-state index contributed by atoms with van der Waals surface area (Å²) in [5.41, 5.74) is 2.44. The summed E-state index contributed by atoms with van der Waals surface area (Å²) in [5, 5.41) is 13.6. The lowest BCUT2D eigenvalue weighted by Gasteiger charge is -2.11. The van der Waals surface area contributed by atoms with Gasteiger partial charge in [-0.1, -0.05) is 42.5 Å². The van der Waals surface area contributed by atoms with E-state index < -0.39 is 4.92 Å². The lowest BCUT2D eigenvalue weighted by atomic mass is 9.95. The minimum absolute atomic E-state index is 0.00725. The molecule has 0 bridgehead atoms. The molecule has 0 aliphatic rings. The number of nitro benzene ring substituents is 1. The number of nitrogens with zero attached hydrogens (tertiary/aromatic N) is 1. The Kier molecular flexibility index (Phi) is 3.49. The highest BCUT2D eigenvalue weighted by Crippen LogP contribution is 2.36. The van der Waals surface area contributed by atoms with Gasteiger partial charge in [0, 0.05) is 22.9 Å². The van der Waals surface area contributed by atoms with Crippen LogP contribution in [0, 0.1) is 10.1 Å². The lowest BCUT2D eigenvalue weighted by Crippen LogP contribution is -2.03. The van der Waals surface area contributed by atoms with E-state index in [0.717, 1.165) is 11.1 Å². The van der Waals surface area contributed by atoms with Crippen LogP contribution >= 0.6 is 0 Å². The number of para-hydroxylation sites is 1. The Hall–Kier alpha value is -3.99. The van der Waals surface area contributed by atoms with Crippen LogP contribution in [0.5, 0.6) is 0 Å². The minimum Gasteiger partial charge on any atom is -0.455 e. The van der Waals surface area contributed by atoms with Crippen molar-refractivity contribution in [3.05, 3.63) is 99.2 Å². The summed E-state index contributed by atoms with van der Waals surface area (Å²) in [6.45, 7) is 0. The van der Waals surface area contributed by atoms with Crippen molar-refractivity contribution in [3.63, 3.8) is 0 Å². The van der Waals surface area contributed by atoms with E-state index in [-0.39, 0.29) is 11.1 Å². The molecule has 1 heterocycles. The third kappa shape index (κ3) is 2.37. The van der Waals surface area contributed by atoms with Crippen LogP contribution in [0.25, 0.3) is 43.8 Å². The molecule has 0 aliphatic heterocycles. The summed E-state index contributed by atoms with van der Waals surface area (Å²) < 4.78 is 6.06. The Morgan fingerprint density at radius 2 is 1.50 bits per heavy atom. The first-order valence-corrected chi connectivity index (χ1v) is 8.75. The summed E-state index contributed by atoms with van der Waals surface area (Å²) in [5.74, 6) is 0. The van der Waals surface area contributed by atoms with E-state index in [1.165, 1.54) is 12.1 Å². The predicted molar refractivity (Wildman–Crippen MR) is 110 cm³/mol. The molecule has 4 aromatic carbocycles. The fourth-order valence-corrected chi connectivity index (χ4v) is 3.63. The summed E-state index contributed by atoms with van der Waals surface area (Å²) >= 11 is 0. The highest BCUT2D eigenvalue weighted by Gasteiger charge is 2.17. The van der Waals surface area contributed by atoms with E-state index >= 15 is 0 Å². The molecule has 1 aromatic heterocycles. The van der Waals surface area contributed by atoms with Crippen molar-refractivity contribution in [1.29, 1.82) is 0 Å². The molecule has 0 amide bonds. The fourth-order valence-electron chi connectivity index (χ4n) is 3.63. The van der Waals surface area contributed by atoms with Gasteiger partial charge in [-0.15, -0.1) is 0 Å². The normalized spacial score (nSPS) is 11.3. The van der Waals surface area contributed by atoms with Crippen molar-refractivity contribution in [3.8, 4) is 11.1 Å². The van der Waals surface area contributed by atoms with Crippen LogP contribution in [0.4, 0.5) is 5.69 Å². The van der Waals surface area contributed by atoms with Crippen molar-refractivity contribution in [1.82, 2.24) is 0 Å². The second-order valence-electron chi connectivity index (χ2n) is 6.58.